The highest BCUT2D eigenvalue weighted by Crippen LogP contribution is 2.27. The average molecular weight is 377 g/mol. The van der Waals surface area contributed by atoms with E-state index >= 15 is 0 Å². The van der Waals surface area contributed by atoms with Gasteiger partial charge in [-0.05, 0) is 24.1 Å². The molecule has 0 aliphatic carbocycles. The Bertz CT molecular complexity index is 810. The maximum atomic E-state index is 12.2. The van der Waals surface area contributed by atoms with Crippen molar-refractivity contribution in [1.82, 2.24) is 0 Å². The van der Waals surface area contributed by atoms with E-state index in [-0.39, 0.29) is 16.4 Å². The van der Waals surface area contributed by atoms with E-state index in [2.05, 4.69) is 5.32 Å². The molecule has 1 unspecified atom stereocenters. The standard InChI is InChI=1S/C18H17ClN2O5/c1-2-14(12-6-4-3-5-7-12)18(23)26-11-17(22)20-15-9-8-13(19)10-16(15)21(24)25/h3-10,14H,2,11H2,1H3,(H,20,22). The molecule has 2 rings (SSSR count). The van der Waals surface area contributed by atoms with Crippen LogP contribution in [0.5, 0.6) is 0 Å². The Labute approximate surface area is 155 Å². The largest absolute Gasteiger partial charge is 0.455 e. The van der Waals surface area contributed by atoms with E-state index in [1.54, 1.807) is 0 Å². The predicted octanol–water partition coefficient (Wildman–Crippen LogP) is 3.92. The van der Waals surface area contributed by atoms with Crippen LogP contribution in [0.4, 0.5) is 11.4 Å². The van der Waals surface area contributed by atoms with Gasteiger partial charge in [0.15, 0.2) is 6.61 Å². The summed E-state index contributed by atoms with van der Waals surface area (Å²) in [6.07, 6.45) is 0.521. The second-order valence-corrected chi connectivity index (χ2v) is 5.88. The monoisotopic (exact) mass is 376 g/mol. The minimum Gasteiger partial charge on any atom is -0.455 e. The van der Waals surface area contributed by atoms with Crippen molar-refractivity contribution in [2.75, 3.05) is 11.9 Å². The fourth-order valence-electron chi connectivity index (χ4n) is 2.41. The van der Waals surface area contributed by atoms with Crippen molar-refractivity contribution in [2.45, 2.75) is 19.3 Å². The molecule has 2 aromatic carbocycles. The van der Waals surface area contributed by atoms with Gasteiger partial charge in [0.05, 0.1) is 10.8 Å². The highest BCUT2D eigenvalue weighted by molar-refractivity contribution is 6.31. The molecule has 0 bridgehead atoms. The maximum absolute atomic E-state index is 12.2. The number of anilines is 1. The van der Waals surface area contributed by atoms with E-state index in [0.29, 0.717) is 6.42 Å². The highest BCUT2D eigenvalue weighted by Gasteiger charge is 2.22. The first kappa shape index (κ1) is 19.4. The van der Waals surface area contributed by atoms with Crippen LogP contribution < -0.4 is 5.32 Å². The second kappa shape index (κ2) is 8.96. The lowest BCUT2D eigenvalue weighted by Crippen LogP contribution is -2.24. The molecule has 1 atom stereocenters. The number of nitro groups is 1. The van der Waals surface area contributed by atoms with Gasteiger partial charge in [0.2, 0.25) is 0 Å². The SMILES string of the molecule is CCC(C(=O)OCC(=O)Nc1ccc(Cl)cc1[N+](=O)[O-])c1ccccc1. The maximum Gasteiger partial charge on any atom is 0.313 e. The van der Waals surface area contributed by atoms with E-state index in [4.69, 9.17) is 16.3 Å². The first-order valence-corrected chi connectivity index (χ1v) is 8.25. The van der Waals surface area contributed by atoms with Gasteiger partial charge in [0.25, 0.3) is 11.6 Å². The summed E-state index contributed by atoms with van der Waals surface area (Å²) in [5.74, 6) is -1.68. The van der Waals surface area contributed by atoms with E-state index in [1.807, 2.05) is 37.3 Å². The molecule has 0 aliphatic heterocycles. The first-order valence-electron chi connectivity index (χ1n) is 7.87. The Morgan fingerprint density at radius 2 is 1.92 bits per heavy atom. The van der Waals surface area contributed by atoms with Crippen LogP contribution in [-0.2, 0) is 14.3 Å². The lowest BCUT2D eigenvalue weighted by molar-refractivity contribution is -0.383. The molecule has 26 heavy (non-hydrogen) atoms. The summed E-state index contributed by atoms with van der Waals surface area (Å²) >= 11 is 5.72. The average Bonchev–Trinajstić information content (AvgIpc) is 2.63. The van der Waals surface area contributed by atoms with Crippen LogP contribution >= 0.6 is 11.6 Å². The molecule has 0 saturated heterocycles. The Hall–Kier alpha value is -2.93. The normalized spacial score (nSPS) is 11.5. The molecule has 0 fully saturated rings. The molecule has 0 heterocycles. The van der Waals surface area contributed by atoms with Crippen LogP contribution in [-0.4, -0.2) is 23.4 Å². The van der Waals surface area contributed by atoms with Crippen molar-refractivity contribution in [1.29, 1.82) is 0 Å². The van der Waals surface area contributed by atoms with Crippen LogP contribution in [0.3, 0.4) is 0 Å². The number of amides is 1. The molecule has 1 amide bonds. The van der Waals surface area contributed by atoms with Gasteiger partial charge in [0, 0.05) is 11.1 Å². The van der Waals surface area contributed by atoms with E-state index < -0.39 is 29.3 Å². The lowest BCUT2D eigenvalue weighted by Gasteiger charge is -2.14. The topological polar surface area (TPSA) is 98.5 Å². The minimum absolute atomic E-state index is 0.0180. The number of rotatable bonds is 7. The van der Waals surface area contributed by atoms with Crippen LogP contribution in [0.2, 0.25) is 5.02 Å². The minimum atomic E-state index is -0.674. The van der Waals surface area contributed by atoms with Crippen molar-refractivity contribution in [3.05, 3.63) is 69.2 Å². The Balaban J connectivity index is 1.98. The number of carbonyl (C=O) groups excluding carboxylic acids is 2. The van der Waals surface area contributed by atoms with Crippen LogP contribution in [0.1, 0.15) is 24.8 Å². The third kappa shape index (κ3) is 5.03. The van der Waals surface area contributed by atoms with Crippen molar-refractivity contribution in [3.8, 4) is 0 Å². The number of nitro benzene ring substituents is 1. The predicted molar refractivity (Wildman–Crippen MR) is 97.2 cm³/mol. The zero-order valence-corrected chi connectivity index (χ0v) is 14.7. The second-order valence-electron chi connectivity index (χ2n) is 5.45. The van der Waals surface area contributed by atoms with E-state index in [9.17, 15) is 19.7 Å². The number of nitrogens with one attached hydrogen (secondary N) is 1. The van der Waals surface area contributed by atoms with Gasteiger partial charge in [-0.2, -0.15) is 0 Å². The Morgan fingerprint density at radius 1 is 1.23 bits per heavy atom. The van der Waals surface area contributed by atoms with E-state index in [0.717, 1.165) is 11.6 Å². The summed E-state index contributed by atoms with van der Waals surface area (Å²) in [4.78, 5) is 34.6. The number of nitrogens with zero attached hydrogens (tertiary/aromatic N) is 1. The molecule has 136 valence electrons. The fourth-order valence-corrected chi connectivity index (χ4v) is 2.58. The Morgan fingerprint density at radius 3 is 2.54 bits per heavy atom. The van der Waals surface area contributed by atoms with Gasteiger partial charge >= 0.3 is 5.97 Å². The molecule has 2 aromatic rings. The molecule has 0 saturated carbocycles. The van der Waals surface area contributed by atoms with Crippen molar-refractivity contribution >= 4 is 34.9 Å². The molecule has 0 aromatic heterocycles. The van der Waals surface area contributed by atoms with Gasteiger partial charge < -0.3 is 10.1 Å². The van der Waals surface area contributed by atoms with Gasteiger partial charge in [-0.3, -0.25) is 19.7 Å². The third-order valence-corrected chi connectivity index (χ3v) is 3.91. The first-order chi connectivity index (χ1) is 12.4. The zero-order chi connectivity index (χ0) is 19.1. The van der Waals surface area contributed by atoms with Gasteiger partial charge in [0.1, 0.15) is 5.69 Å². The Kier molecular flexibility index (Phi) is 6.68. The number of ether oxygens (including phenoxy) is 1. The van der Waals surface area contributed by atoms with Gasteiger partial charge in [-0.1, -0.05) is 48.9 Å². The number of esters is 1. The number of hydrogen-bond acceptors (Lipinski definition) is 5. The van der Waals surface area contributed by atoms with Crippen molar-refractivity contribution < 1.29 is 19.2 Å². The lowest BCUT2D eigenvalue weighted by atomic mass is 9.97. The van der Waals surface area contributed by atoms with Gasteiger partial charge in [-0.25, -0.2) is 0 Å². The summed E-state index contributed by atoms with van der Waals surface area (Å²) in [7, 11) is 0. The molecular formula is C18H17ClN2O5. The number of carbonyl (C=O) groups is 2. The summed E-state index contributed by atoms with van der Waals surface area (Å²) in [5, 5.41) is 13.5. The van der Waals surface area contributed by atoms with Crippen molar-refractivity contribution in [2.24, 2.45) is 0 Å². The molecule has 8 heteroatoms. The van der Waals surface area contributed by atoms with Crippen LogP contribution in [0.15, 0.2) is 48.5 Å². The molecule has 1 N–H and O–H groups in total. The summed E-state index contributed by atoms with van der Waals surface area (Å²) in [6, 6.07) is 13.0. The number of halogens is 1. The summed E-state index contributed by atoms with van der Waals surface area (Å²) in [5.41, 5.74) is 0.442. The van der Waals surface area contributed by atoms with Gasteiger partial charge in [-0.15, -0.1) is 0 Å². The highest BCUT2D eigenvalue weighted by atomic mass is 35.5. The molecule has 0 aliphatic rings. The van der Waals surface area contributed by atoms with E-state index in [1.165, 1.54) is 12.1 Å². The molecular weight excluding hydrogens is 360 g/mol. The third-order valence-electron chi connectivity index (χ3n) is 3.67. The van der Waals surface area contributed by atoms with Crippen LogP contribution in [0, 0.1) is 10.1 Å². The summed E-state index contributed by atoms with van der Waals surface area (Å²) < 4.78 is 5.06. The van der Waals surface area contributed by atoms with Crippen molar-refractivity contribution in [3.63, 3.8) is 0 Å². The zero-order valence-electron chi connectivity index (χ0n) is 14.0. The summed E-state index contributed by atoms with van der Waals surface area (Å²) in [6.45, 7) is 1.30. The van der Waals surface area contributed by atoms with Crippen LogP contribution in [0.25, 0.3) is 0 Å². The molecule has 0 radical (unpaired) electrons. The smallest absolute Gasteiger partial charge is 0.313 e. The number of hydrogen-bond donors (Lipinski definition) is 1. The molecule has 7 nitrogen and oxygen atoms in total. The molecule has 0 spiro atoms. The fraction of sp³-hybridized carbons (Fsp3) is 0.222. The quantitative estimate of drug-likeness (QED) is 0.448. The number of benzene rings is 2.